The highest BCUT2D eigenvalue weighted by molar-refractivity contribution is 7.09. The molecule has 118 valence electrons. The molecule has 6 heteroatoms. The highest BCUT2D eigenvalue weighted by Gasteiger charge is 2.50. The molecule has 22 heavy (non-hydrogen) atoms. The Morgan fingerprint density at radius 3 is 3.09 bits per heavy atom. The summed E-state index contributed by atoms with van der Waals surface area (Å²) >= 11 is 1.55. The van der Waals surface area contributed by atoms with Gasteiger partial charge in [-0.2, -0.15) is 0 Å². The molecule has 3 rings (SSSR count). The number of ether oxygens (including phenoxy) is 1. The number of aryl methyl sites for hydroxylation is 1. The van der Waals surface area contributed by atoms with Crippen LogP contribution in [0.4, 0.5) is 4.79 Å². The number of likely N-dealkylation sites (tertiary alicyclic amines) is 1. The first-order valence-electron chi connectivity index (χ1n) is 7.56. The van der Waals surface area contributed by atoms with Crippen LogP contribution in [0.2, 0.25) is 0 Å². The van der Waals surface area contributed by atoms with Crippen molar-refractivity contribution < 1.29 is 14.6 Å². The number of nitrogens with zero attached hydrogens (tertiary/aromatic N) is 2. The Morgan fingerprint density at radius 1 is 1.59 bits per heavy atom. The monoisotopic (exact) mass is 320 g/mol. The average molecular weight is 320 g/mol. The zero-order chi connectivity index (χ0) is 15.7. The minimum Gasteiger partial charge on any atom is -0.453 e. The molecular formula is C16H20N2O3S. The van der Waals surface area contributed by atoms with Gasteiger partial charge in [-0.05, 0) is 38.5 Å². The van der Waals surface area contributed by atoms with Gasteiger partial charge in [-0.3, -0.25) is 0 Å². The summed E-state index contributed by atoms with van der Waals surface area (Å²) in [5.74, 6) is 6.05. The van der Waals surface area contributed by atoms with Crippen molar-refractivity contribution in [2.45, 2.75) is 44.2 Å². The van der Waals surface area contributed by atoms with Crippen LogP contribution in [0.15, 0.2) is 5.38 Å². The van der Waals surface area contributed by atoms with E-state index in [4.69, 9.17) is 4.74 Å². The van der Waals surface area contributed by atoms with Gasteiger partial charge in [0.1, 0.15) is 11.3 Å². The molecule has 1 aliphatic carbocycles. The number of aromatic nitrogens is 1. The van der Waals surface area contributed by atoms with Gasteiger partial charge in [0, 0.05) is 23.9 Å². The normalized spacial score (nSPS) is 30.4. The highest BCUT2D eigenvalue weighted by Crippen LogP contribution is 2.42. The van der Waals surface area contributed by atoms with Crippen LogP contribution < -0.4 is 0 Å². The van der Waals surface area contributed by atoms with E-state index in [-0.39, 0.29) is 18.1 Å². The lowest BCUT2D eigenvalue weighted by molar-refractivity contribution is -0.0136. The first kappa shape index (κ1) is 15.3. The molecule has 2 heterocycles. The summed E-state index contributed by atoms with van der Waals surface area (Å²) in [6, 6.07) is 0.0256. The second-order valence-corrected chi connectivity index (χ2v) is 7.01. The van der Waals surface area contributed by atoms with Crippen LogP contribution in [-0.4, -0.2) is 46.4 Å². The van der Waals surface area contributed by atoms with Gasteiger partial charge in [0.15, 0.2) is 0 Å². The number of aliphatic hydroxyl groups is 1. The number of amides is 1. The smallest absolute Gasteiger partial charge is 0.409 e. The van der Waals surface area contributed by atoms with E-state index in [1.54, 1.807) is 16.2 Å². The predicted octanol–water partition coefficient (Wildman–Crippen LogP) is 2.17. The molecule has 2 unspecified atom stereocenters. The summed E-state index contributed by atoms with van der Waals surface area (Å²) in [6.45, 7) is 2.56. The van der Waals surface area contributed by atoms with E-state index in [1.165, 1.54) is 7.11 Å². The third kappa shape index (κ3) is 2.71. The second-order valence-electron chi connectivity index (χ2n) is 5.94. The highest BCUT2D eigenvalue weighted by atomic mass is 32.1. The third-order valence-corrected chi connectivity index (χ3v) is 5.43. The molecule has 3 atom stereocenters. The molecule has 1 saturated carbocycles. The lowest BCUT2D eigenvalue weighted by Crippen LogP contribution is -2.49. The minimum absolute atomic E-state index is 0.00687. The number of fused-ring (bicyclic) bond motifs is 1. The Balaban J connectivity index is 1.82. The number of rotatable bonds is 0. The number of hydrogen-bond donors (Lipinski definition) is 1. The molecule has 0 aromatic carbocycles. The van der Waals surface area contributed by atoms with Crippen LogP contribution in [0.5, 0.6) is 0 Å². The molecule has 5 nitrogen and oxygen atoms in total. The average Bonchev–Trinajstić information content (AvgIpc) is 3.12. The Kier molecular flexibility index (Phi) is 4.11. The maximum Gasteiger partial charge on any atom is 0.409 e. The molecule has 1 aromatic rings. The molecule has 0 bridgehead atoms. The quantitative estimate of drug-likeness (QED) is 0.744. The molecule has 1 saturated heterocycles. The minimum atomic E-state index is -1.04. The fraction of sp³-hybridized carbons (Fsp3) is 0.625. The fourth-order valence-corrected chi connectivity index (χ4v) is 4.17. The molecule has 0 radical (unpaired) electrons. The zero-order valence-corrected chi connectivity index (χ0v) is 13.7. The van der Waals surface area contributed by atoms with E-state index < -0.39 is 5.60 Å². The second kappa shape index (κ2) is 5.90. The van der Waals surface area contributed by atoms with Crippen molar-refractivity contribution in [1.82, 2.24) is 9.88 Å². The lowest BCUT2D eigenvalue weighted by Gasteiger charge is -2.39. The van der Waals surface area contributed by atoms with Gasteiger partial charge in [-0.1, -0.05) is 5.92 Å². The topological polar surface area (TPSA) is 62.7 Å². The molecule has 1 amide bonds. The van der Waals surface area contributed by atoms with Crippen LogP contribution in [0.3, 0.4) is 0 Å². The molecule has 1 N–H and O–H groups in total. The van der Waals surface area contributed by atoms with E-state index >= 15 is 0 Å². The third-order valence-electron chi connectivity index (χ3n) is 4.65. The summed E-state index contributed by atoms with van der Waals surface area (Å²) < 4.78 is 4.84. The number of hydrogen-bond acceptors (Lipinski definition) is 5. The van der Waals surface area contributed by atoms with Crippen molar-refractivity contribution in [2.24, 2.45) is 5.92 Å². The zero-order valence-electron chi connectivity index (χ0n) is 12.8. The lowest BCUT2D eigenvalue weighted by atomic mass is 9.73. The fourth-order valence-electron chi connectivity index (χ4n) is 3.63. The first-order valence-corrected chi connectivity index (χ1v) is 8.44. The van der Waals surface area contributed by atoms with Gasteiger partial charge >= 0.3 is 6.09 Å². The van der Waals surface area contributed by atoms with Crippen molar-refractivity contribution >= 4 is 17.4 Å². The van der Waals surface area contributed by atoms with Crippen molar-refractivity contribution in [2.75, 3.05) is 13.7 Å². The summed E-state index contributed by atoms with van der Waals surface area (Å²) in [5, 5.41) is 13.9. The standard InChI is InChI=1S/C16H20N2O3S/c1-11-17-12(10-22-11)5-8-16(20)7-3-4-14-13(16)6-9-18(14)15(19)21-2/h10,13-14,20H,3-4,6-7,9H2,1-2H3/t13?,14?,16-/m1/s1. The van der Waals surface area contributed by atoms with Crippen LogP contribution in [-0.2, 0) is 4.74 Å². The van der Waals surface area contributed by atoms with E-state index in [2.05, 4.69) is 16.8 Å². The van der Waals surface area contributed by atoms with Gasteiger partial charge in [0.25, 0.3) is 0 Å². The van der Waals surface area contributed by atoms with Gasteiger partial charge in [-0.15, -0.1) is 11.3 Å². The van der Waals surface area contributed by atoms with Crippen molar-refractivity contribution in [3.63, 3.8) is 0 Å². The molecule has 1 aromatic heterocycles. The summed E-state index contributed by atoms with van der Waals surface area (Å²) in [4.78, 5) is 17.9. The van der Waals surface area contributed by atoms with Crippen molar-refractivity contribution in [3.05, 3.63) is 16.1 Å². The Labute approximate surface area is 134 Å². The number of methoxy groups -OCH3 is 1. The number of thiazole rings is 1. The Hall–Kier alpha value is -1.58. The van der Waals surface area contributed by atoms with Crippen LogP contribution in [0.25, 0.3) is 0 Å². The largest absolute Gasteiger partial charge is 0.453 e. The van der Waals surface area contributed by atoms with Crippen molar-refractivity contribution in [3.8, 4) is 11.8 Å². The molecular weight excluding hydrogens is 300 g/mol. The number of carbonyl (C=O) groups excluding carboxylic acids is 1. The van der Waals surface area contributed by atoms with Gasteiger partial charge < -0.3 is 14.7 Å². The van der Waals surface area contributed by atoms with Crippen LogP contribution in [0.1, 0.15) is 36.4 Å². The van der Waals surface area contributed by atoms with Crippen LogP contribution in [0, 0.1) is 24.7 Å². The van der Waals surface area contributed by atoms with E-state index in [0.717, 1.165) is 24.3 Å². The molecule has 2 fully saturated rings. The SMILES string of the molecule is COC(=O)N1CCC2C1CCC[C@@]2(O)C#Cc1csc(C)n1. The van der Waals surface area contributed by atoms with Crippen molar-refractivity contribution in [1.29, 1.82) is 0 Å². The van der Waals surface area contributed by atoms with E-state index in [9.17, 15) is 9.90 Å². The van der Waals surface area contributed by atoms with Gasteiger partial charge in [0.2, 0.25) is 0 Å². The maximum atomic E-state index is 11.8. The van der Waals surface area contributed by atoms with Gasteiger partial charge in [-0.25, -0.2) is 9.78 Å². The summed E-state index contributed by atoms with van der Waals surface area (Å²) in [7, 11) is 1.40. The van der Waals surface area contributed by atoms with E-state index in [0.29, 0.717) is 18.7 Å². The molecule has 2 aliphatic rings. The Bertz CT molecular complexity index is 633. The maximum absolute atomic E-state index is 11.8. The summed E-state index contributed by atoms with van der Waals surface area (Å²) in [6.07, 6.45) is 2.87. The first-order chi connectivity index (χ1) is 10.5. The van der Waals surface area contributed by atoms with E-state index in [1.807, 2.05) is 12.3 Å². The predicted molar refractivity (Wildman–Crippen MR) is 83.5 cm³/mol. The molecule has 1 aliphatic heterocycles. The van der Waals surface area contributed by atoms with Gasteiger partial charge in [0.05, 0.1) is 12.1 Å². The molecule has 0 spiro atoms. The summed E-state index contributed by atoms with van der Waals surface area (Å²) in [5.41, 5.74) is -0.329. The van der Waals surface area contributed by atoms with Crippen LogP contribution >= 0.6 is 11.3 Å². The Morgan fingerprint density at radius 2 is 2.41 bits per heavy atom. The number of carbonyl (C=O) groups is 1.